The maximum atomic E-state index is 6.65. The molecule has 0 saturated heterocycles. The molecule has 2 aromatic carbocycles. The zero-order chi connectivity index (χ0) is 15.7. The molecule has 0 aliphatic heterocycles. The molecule has 1 radical (unpaired) electrons. The topological polar surface area (TPSA) is 0 Å². The lowest BCUT2D eigenvalue weighted by Crippen LogP contribution is -1.98. The lowest BCUT2D eigenvalue weighted by Gasteiger charge is -2.19. The smallest absolute Gasteiger partial charge is 0.0598 e. The van der Waals surface area contributed by atoms with E-state index < -0.39 is 0 Å². The maximum Gasteiger partial charge on any atom is 0.0598 e. The minimum absolute atomic E-state index is 0.538. The Balaban J connectivity index is 2.04. The molecule has 0 heterocycles. The van der Waals surface area contributed by atoms with Crippen LogP contribution in [0.25, 0.3) is 11.1 Å². The maximum absolute atomic E-state index is 6.65. The minimum atomic E-state index is 0.538. The largest absolute Gasteiger partial charge is 0.0833 e. The first-order valence-corrected chi connectivity index (χ1v) is 8.15. The van der Waals surface area contributed by atoms with Crippen molar-refractivity contribution >= 4 is 45.9 Å². The van der Waals surface area contributed by atoms with Crippen LogP contribution >= 0.6 is 34.8 Å². The van der Waals surface area contributed by atoms with E-state index >= 15 is 0 Å². The molecular formula is C19H14Cl3. The Kier molecular flexibility index (Phi) is 4.63. The molecule has 1 aliphatic rings. The highest BCUT2D eigenvalue weighted by Crippen LogP contribution is 2.40. The van der Waals surface area contributed by atoms with Crippen molar-refractivity contribution in [3.05, 3.63) is 86.7 Å². The molecule has 0 unspecified atom stereocenters. The molecule has 0 nitrogen and oxygen atoms in total. The van der Waals surface area contributed by atoms with Crippen LogP contribution in [0.2, 0.25) is 10.0 Å². The molecule has 3 heteroatoms. The summed E-state index contributed by atoms with van der Waals surface area (Å²) < 4.78 is 0. The molecule has 0 N–H and O–H groups in total. The Morgan fingerprint density at radius 3 is 2.18 bits per heavy atom. The average molecular weight is 349 g/mol. The van der Waals surface area contributed by atoms with Crippen molar-refractivity contribution in [2.24, 2.45) is 0 Å². The first kappa shape index (κ1) is 15.7. The summed E-state index contributed by atoms with van der Waals surface area (Å²) >= 11 is 18.8. The van der Waals surface area contributed by atoms with Crippen molar-refractivity contribution in [1.29, 1.82) is 0 Å². The van der Waals surface area contributed by atoms with Gasteiger partial charge in [0.1, 0.15) is 0 Å². The summed E-state index contributed by atoms with van der Waals surface area (Å²) in [5, 5.41) is 1.83. The van der Waals surface area contributed by atoms with Crippen LogP contribution in [-0.2, 0) is 0 Å². The van der Waals surface area contributed by atoms with Crippen LogP contribution in [0.5, 0.6) is 0 Å². The van der Waals surface area contributed by atoms with Crippen LogP contribution in [0, 0.1) is 13.3 Å². The summed E-state index contributed by atoms with van der Waals surface area (Å²) in [5.41, 5.74) is 5.40. The van der Waals surface area contributed by atoms with Gasteiger partial charge >= 0.3 is 0 Å². The summed E-state index contributed by atoms with van der Waals surface area (Å²) in [6, 6.07) is 14.0. The van der Waals surface area contributed by atoms with Crippen LogP contribution in [0.3, 0.4) is 0 Å². The monoisotopic (exact) mass is 347 g/mol. The Morgan fingerprint density at radius 2 is 1.50 bits per heavy atom. The first-order chi connectivity index (χ1) is 10.6. The van der Waals surface area contributed by atoms with Crippen LogP contribution in [0.15, 0.2) is 53.6 Å². The molecule has 3 rings (SSSR count). The number of allylic oxidation sites excluding steroid dienone is 4. The third kappa shape index (κ3) is 3.10. The van der Waals surface area contributed by atoms with Crippen LogP contribution in [0.1, 0.15) is 23.1 Å². The summed E-state index contributed by atoms with van der Waals surface area (Å²) in [4.78, 5) is 0. The fraction of sp³-hybridized carbons (Fsp3) is 0.105. The number of aryl methyl sites for hydroxylation is 1. The third-order valence-electron chi connectivity index (χ3n) is 3.71. The second-order valence-corrected chi connectivity index (χ2v) is 6.47. The van der Waals surface area contributed by atoms with E-state index in [1.54, 1.807) is 6.07 Å². The summed E-state index contributed by atoms with van der Waals surface area (Å²) in [7, 11) is 0. The molecule has 111 valence electrons. The lowest BCUT2D eigenvalue weighted by atomic mass is 9.90. The van der Waals surface area contributed by atoms with Crippen molar-refractivity contribution < 1.29 is 0 Å². The van der Waals surface area contributed by atoms with E-state index in [4.69, 9.17) is 34.8 Å². The minimum Gasteiger partial charge on any atom is -0.0833 e. The van der Waals surface area contributed by atoms with Gasteiger partial charge in [0.15, 0.2) is 0 Å². The quantitative estimate of drug-likeness (QED) is 0.551. The molecule has 0 amide bonds. The van der Waals surface area contributed by atoms with Gasteiger partial charge in [-0.2, -0.15) is 0 Å². The lowest BCUT2D eigenvalue weighted by molar-refractivity contribution is 1.27. The highest BCUT2D eigenvalue weighted by Gasteiger charge is 2.18. The van der Waals surface area contributed by atoms with E-state index in [0.717, 1.165) is 33.7 Å². The molecule has 1 aliphatic carbocycles. The van der Waals surface area contributed by atoms with Crippen molar-refractivity contribution in [3.8, 4) is 0 Å². The van der Waals surface area contributed by atoms with Gasteiger partial charge in [0.2, 0.25) is 0 Å². The van der Waals surface area contributed by atoms with Crippen molar-refractivity contribution in [3.63, 3.8) is 0 Å². The van der Waals surface area contributed by atoms with E-state index in [0.29, 0.717) is 10.0 Å². The zero-order valence-corrected chi connectivity index (χ0v) is 14.3. The van der Waals surface area contributed by atoms with E-state index in [-0.39, 0.29) is 0 Å². The Morgan fingerprint density at radius 1 is 0.818 bits per heavy atom. The SMILES string of the molecule is Cc1ccc(C2=CC[CH]C(c3ccc(Cl)c(Cl)c3)=C2Cl)cc1. The molecule has 0 atom stereocenters. The highest BCUT2D eigenvalue weighted by molar-refractivity contribution is 6.43. The average Bonchev–Trinajstić information content (AvgIpc) is 2.51. The predicted molar refractivity (Wildman–Crippen MR) is 97.3 cm³/mol. The summed E-state index contributed by atoms with van der Waals surface area (Å²) in [5.74, 6) is 0. The Hall–Kier alpha value is -1.21. The van der Waals surface area contributed by atoms with Gasteiger partial charge in [-0.05, 0) is 54.2 Å². The molecular weight excluding hydrogens is 335 g/mol. The van der Waals surface area contributed by atoms with Gasteiger partial charge < -0.3 is 0 Å². The molecule has 2 aromatic rings. The van der Waals surface area contributed by atoms with Crippen LogP contribution < -0.4 is 0 Å². The van der Waals surface area contributed by atoms with E-state index in [9.17, 15) is 0 Å². The van der Waals surface area contributed by atoms with Gasteiger partial charge in [0, 0.05) is 0 Å². The van der Waals surface area contributed by atoms with Crippen LogP contribution in [0.4, 0.5) is 0 Å². The highest BCUT2D eigenvalue weighted by atomic mass is 35.5. The zero-order valence-electron chi connectivity index (χ0n) is 12.0. The number of benzene rings is 2. The molecule has 0 saturated carbocycles. The van der Waals surface area contributed by atoms with Gasteiger partial charge in [-0.15, -0.1) is 0 Å². The van der Waals surface area contributed by atoms with Gasteiger partial charge in [-0.25, -0.2) is 0 Å². The fourth-order valence-corrected chi connectivity index (χ4v) is 3.18. The van der Waals surface area contributed by atoms with E-state index in [2.05, 4.69) is 43.7 Å². The second kappa shape index (κ2) is 6.50. The number of hydrogen-bond donors (Lipinski definition) is 0. The molecule has 0 aromatic heterocycles. The third-order valence-corrected chi connectivity index (χ3v) is 4.86. The molecule has 22 heavy (non-hydrogen) atoms. The predicted octanol–water partition coefficient (Wildman–Crippen LogP) is 6.94. The standard InChI is InChI=1S/C19H14Cl3/c1-12-5-7-13(8-6-12)15-3-2-4-16(19(15)22)14-9-10-17(20)18(21)11-14/h3-11H,2H2,1H3. The van der Waals surface area contributed by atoms with Gasteiger partial charge in [-0.1, -0.05) is 76.8 Å². The Bertz CT molecular complexity index is 768. The molecule has 0 spiro atoms. The molecule has 0 bridgehead atoms. The number of rotatable bonds is 2. The first-order valence-electron chi connectivity index (χ1n) is 7.02. The summed E-state index contributed by atoms with van der Waals surface area (Å²) in [6.07, 6.45) is 5.10. The van der Waals surface area contributed by atoms with Crippen molar-refractivity contribution in [2.75, 3.05) is 0 Å². The number of halogens is 3. The van der Waals surface area contributed by atoms with Gasteiger partial charge in [-0.3, -0.25) is 0 Å². The fourth-order valence-electron chi connectivity index (χ4n) is 2.50. The van der Waals surface area contributed by atoms with Gasteiger partial charge in [0.25, 0.3) is 0 Å². The normalized spacial score (nSPS) is 15.0. The number of hydrogen-bond acceptors (Lipinski definition) is 0. The van der Waals surface area contributed by atoms with E-state index in [1.165, 1.54) is 5.56 Å². The van der Waals surface area contributed by atoms with Crippen molar-refractivity contribution in [2.45, 2.75) is 13.3 Å². The molecule has 0 fully saturated rings. The van der Waals surface area contributed by atoms with Gasteiger partial charge in [0.05, 0.1) is 15.1 Å². The van der Waals surface area contributed by atoms with E-state index in [1.807, 2.05) is 12.1 Å². The van der Waals surface area contributed by atoms with Crippen molar-refractivity contribution in [1.82, 2.24) is 0 Å². The van der Waals surface area contributed by atoms with Crippen LogP contribution in [-0.4, -0.2) is 0 Å². The second-order valence-electron chi connectivity index (χ2n) is 5.28. The Labute approximate surface area is 146 Å². The summed E-state index contributed by atoms with van der Waals surface area (Å²) in [6.45, 7) is 2.07.